The molecule has 116 valence electrons. The Morgan fingerprint density at radius 2 is 1.75 bits per heavy atom. The fourth-order valence-electron chi connectivity index (χ4n) is 4.02. The molecule has 0 bridgehead atoms. The summed E-state index contributed by atoms with van der Waals surface area (Å²) in [5, 5.41) is -0.114. The lowest BCUT2D eigenvalue weighted by Crippen LogP contribution is -2.49. The van der Waals surface area contributed by atoms with Crippen LogP contribution in [0.4, 0.5) is 0 Å². The van der Waals surface area contributed by atoms with Gasteiger partial charge in [-0.15, -0.1) is 0 Å². The fourth-order valence-corrected chi connectivity index (χ4v) is 7.17. The van der Waals surface area contributed by atoms with Crippen molar-refractivity contribution in [3.8, 4) is 0 Å². The number of carbonyl (C=O) groups is 1. The molecule has 20 heavy (non-hydrogen) atoms. The highest BCUT2D eigenvalue weighted by atomic mass is 28.3. The molecule has 2 heteroatoms. The van der Waals surface area contributed by atoms with Crippen LogP contribution in [0.2, 0.25) is 24.7 Å². The molecule has 0 saturated heterocycles. The predicted octanol–water partition coefficient (Wildman–Crippen LogP) is 5.98. The Kier molecular flexibility index (Phi) is 6.70. The van der Waals surface area contributed by atoms with E-state index in [1.807, 2.05) is 6.92 Å². The monoisotopic (exact) mass is 294 g/mol. The summed E-state index contributed by atoms with van der Waals surface area (Å²) in [6, 6.07) is 0. The third-order valence-electron chi connectivity index (χ3n) is 5.11. The van der Waals surface area contributed by atoms with Gasteiger partial charge < -0.3 is 0 Å². The van der Waals surface area contributed by atoms with E-state index < -0.39 is 8.07 Å². The van der Waals surface area contributed by atoms with Crippen LogP contribution >= 0.6 is 0 Å². The topological polar surface area (TPSA) is 17.1 Å². The molecule has 1 atom stereocenters. The van der Waals surface area contributed by atoms with Gasteiger partial charge >= 0.3 is 0 Å². The largest absolute Gasteiger partial charge is 0.299 e. The summed E-state index contributed by atoms with van der Waals surface area (Å²) >= 11 is 0. The van der Waals surface area contributed by atoms with Crippen molar-refractivity contribution in [2.24, 2.45) is 5.92 Å². The van der Waals surface area contributed by atoms with Crippen molar-refractivity contribution >= 4 is 13.9 Å². The van der Waals surface area contributed by atoms with Crippen LogP contribution in [0.25, 0.3) is 0 Å². The zero-order chi connectivity index (χ0) is 15.2. The summed E-state index contributed by atoms with van der Waals surface area (Å²) in [6.45, 7) is 11.4. The molecule has 0 heterocycles. The van der Waals surface area contributed by atoms with Crippen LogP contribution < -0.4 is 0 Å². The van der Waals surface area contributed by atoms with Gasteiger partial charge in [0.25, 0.3) is 0 Å². The first-order valence-electron chi connectivity index (χ1n) is 8.61. The van der Waals surface area contributed by atoms with Gasteiger partial charge in [-0.1, -0.05) is 71.3 Å². The number of Topliss-reactive ketones (excluding diaryl/α,β-unsaturated/α-hetero) is 1. The highest BCUT2D eigenvalue weighted by Crippen LogP contribution is 2.53. The number of allylic oxidation sites excluding steroid dienone is 2. The Labute approximate surface area is 127 Å². The molecule has 1 fully saturated rings. The van der Waals surface area contributed by atoms with E-state index in [1.54, 1.807) is 0 Å². The zero-order valence-corrected chi connectivity index (χ0v) is 15.3. The van der Waals surface area contributed by atoms with E-state index in [-0.39, 0.29) is 5.04 Å². The number of hydrogen-bond acceptors (Lipinski definition) is 1. The minimum atomic E-state index is -1.59. The molecule has 0 aliphatic heterocycles. The van der Waals surface area contributed by atoms with Crippen molar-refractivity contribution < 1.29 is 4.79 Å². The van der Waals surface area contributed by atoms with Crippen molar-refractivity contribution in [1.29, 1.82) is 0 Å². The van der Waals surface area contributed by atoms with Crippen molar-refractivity contribution in [2.45, 2.75) is 89.9 Å². The molecular weight excluding hydrogens is 260 g/mol. The van der Waals surface area contributed by atoms with Gasteiger partial charge in [-0.25, -0.2) is 0 Å². The van der Waals surface area contributed by atoms with Gasteiger partial charge in [0.2, 0.25) is 0 Å². The summed E-state index contributed by atoms with van der Waals surface area (Å²) < 4.78 is 0. The molecule has 0 amide bonds. The highest BCUT2D eigenvalue weighted by Gasteiger charge is 2.51. The Morgan fingerprint density at radius 3 is 2.20 bits per heavy atom. The molecule has 0 spiro atoms. The summed E-state index contributed by atoms with van der Waals surface area (Å²) in [7, 11) is -1.59. The van der Waals surface area contributed by atoms with E-state index in [9.17, 15) is 4.79 Å². The molecular formula is C18H34OSi. The van der Waals surface area contributed by atoms with E-state index in [2.05, 4.69) is 38.7 Å². The van der Waals surface area contributed by atoms with E-state index in [1.165, 1.54) is 38.5 Å². The smallest absolute Gasteiger partial charge is 0.139 e. The molecule has 1 unspecified atom stereocenters. The molecule has 1 aliphatic carbocycles. The first-order chi connectivity index (χ1) is 9.40. The summed E-state index contributed by atoms with van der Waals surface area (Å²) in [5.41, 5.74) is 0. The van der Waals surface area contributed by atoms with E-state index in [0.717, 1.165) is 6.42 Å². The summed E-state index contributed by atoms with van der Waals surface area (Å²) in [6.07, 6.45) is 14.1. The highest BCUT2D eigenvalue weighted by molar-refractivity contribution is 6.83. The van der Waals surface area contributed by atoms with Crippen LogP contribution in [0.15, 0.2) is 12.2 Å². The van der Waals surface area contributed by atoms with Crippen molar-refractivity contribution in [2.75, 3.05) is 0 Å². The second kappa shape index (κ2) is 7.58. The average molecular weight is 295 g/mol. The molecule has 0 radical (unpaired) electrons. The minimum absolute atomic E-state index is 0.114. The molecule has 0 N–H and O–H groups in total. The third-order valence-corrected chi connectivity index (χ3v) is 8.44. The average Bonchev–Trinajstić information content (AvgIpc) is 2.42. The molecule has 1 saturated carbocycles. The van der Waals surface area contributed by atoms with E-state index in [4.69, 9.17) is 0 Å². The normalized spacial score (nSPS) is 21.1. The standard InChI is InChI=1S/C18H34OSi/c1-6-8-12-15-18(17(19)7-2,20(3,4)5)16-13-10-9-11-14-16/h12,15-16H,6-11,13-14H2,1-5H3. The van der Waals surface area contributed by atoms with Gasteiger partial charge in [0.15, 0.2) is 0 Å². The van der Waals surface area contributed by atoms with Crippen molar-refractivity contribution in [3.63, 3.8) is 0 Å². The molecule has 0 aromatic rings. The van der Waals surface area contributed by atoms with E-state index in [0.29, 0.717) is 18.1 Å². The second-order valence-corrected chi connectivity index (χ2v) is 12.7. The predicted molar refractivity (Wildman–Crippen MR) is 92.0 cm³/mol. The first kappa shape index (κ1) is 17.7. The van der Waals surface area contributed by atoms with Crippen molar-refractivity contribution in [1.82, 2.24) is 0 Å². The molecule has 0 aromatic heterocycles. The maximum Gasteiger partial charge on any atom is 0.139 e. The number of rotatable bonds is 7. The quantitative estimate of drug-likeness (QED) is 0.417. The third kappa shape index (κ3) is 3.63. The van der Waals surface area contributed by atoms with Gasteiger partial charge in [0.05, 0.1) is 8.07 Å². The van der Waals surface area contributed by atoms with E-state index >= 15 is 0 Å². The Hall–Kier alpha value is -0.373. The lowest BCUT2D eigenvalue weighted by molar-refractivity contribution is -0.122. The lowest BCUT2D eigenvalue weighted by Gasteiger charge is -2.47. The first-order valence-corrected chi connectivity index (χ1v) is 12.1. The molecule has 0 aromatic carbocycles. The number of unbranched alkanes of at least 4 members (excludes halogenated alkanes) is 1. The van der Waals surface area contributed by atoms with Gasteiger partial charge in [0, 0.05) is 11.5 Å². The Balaban J connectivity index is 3.21. The summed E-state index contributed by atoms with van der Waals surface area (Å²) in [4.78, 5) is 13.0. The molecule has 1 nitrogen and oxygen atoms in total. The van der Waals surface area contributed by atoms with Crippen LogP contribution in [0, 0.1) is 5.92 Å². The maximum absolute atomic E-state index is 13.0. The molecule has 1 aliphatic rings. The zero-order valence-electron chi connectivity index (χ0n) is 14.3. The van der Waals surface area contributed by atoms with Crippen molar-refractivity contribution in [3.05, 3.63) is 12.2 Å². The van der Waals surface area contributed by atoms with Gasteiger partial charge in [0.1, 0.15) is 5.78 Å². The van der Waals surface area contributed by atoms with Crippen LogP contribution in [0.5, 0.6) is 0 Å². The SMILES string of the molecule is CCCC=CC(C(=O)CC)(C1CCCCC1)[Si](C)(C)C. The van der Waals surface area contributed by atoms with Crippen LogP contribution in [-0.2, 0) is 4.79 Å². The van der Waals surface area contributed by atoms with Gasteiger partial charge in [-0.2, -0.15) is 0 Å². The molecule has 1 rings (SSSR count). The number of hydrogen-bond donors (Lipinski definition) is 0. The maximum atomic E-state index is 13.0. The van der Waals surface area contributed by atoms with Gasteiger partial charge in [-0.3, -0.25) is 4.79 Å². The van der Waals surface area contributed by atoms with Crippen LogP contribution in [0.3, 0.4) is 0 Å². The number of carbonyl (C=O) groups excluding carboxylic acids is 1. The second-order valence-electron chi connectivity index (χ2n) is 7.42. The van der Waals surface area contributed by atoms with Crippen LogP contribution in [0.1, 0.15) is 65.2 Å². The Morgan fingerprint density at radius 1 is 1.15 bits per heavy atom. The fraction of sp³-hybridized carbons (Fsp3) is 0.833. The Bertz CT molecular complexity index is 334. The number of ketones is 1. The lowest BCUT2D eigenvalue weighted by atomic mass is 9.76. The summed E-state index contributed by atoms with van der Waals surface area (Å²) in [5.74, 6) is 1.11. The van der Waals surface area contributed by atoms with Crippen LogP contribution in [-0.4, -0.2) is 13.9 Å². The van der Waals surface area contributed by atoms with Gasteiger partial charge in [-0.05, 0) is 25.2 Å². The minimum Gasteiger partial charge on any atom is -0.299 e.